The zero-order valence-electron chi connectivity index (χ0n) is 19.1. The average Bonchev–Trinajstić information content (AvgIpc) is 3.29. The fourth-order valence-corrected chi connectivity index (χ4v) is 6.14. The van der Waals surface area contributed by atoms with Crippen LogP contribution in [-0.4, -0.2) is 34.0 Å². The SMILES string of the molecule is CN1Cc2cc(NC(=O)c3cc(NC(=O)[C@H]4[C@H](c5cc(Cl)cc(Cl)c5)C4(Cl)Cl)ccc3Cl)ccc2C1=O. The van der Waals surface area contributed by atoms with Gasteiger partial charge in [0.25, 0.3) is 11.8 Å². The maximum absolute atomic E-state index is 13.1. The number of hydrogen-bond acceptors (Lipinski definition) is 3. The van der Waals surface area contributed by atoms with Crippen LogP contribution in [-0.2, 0) is 11.3 Å². The highest BCUT2D eigenvalue weighted by atomic mass is 35.5. The fourth-order valence-electron chi connectivity index (χ4n) is 4.56. The zero-order chi connectivity index (χ0) is 26.6. The van der Waals surface area contributed by atoms with Crippen molar-refractivity contribution < 1.29 is 14.4 Å². The van der Waals surface area contributed by atoms with Gasteiger partial charge in [0.2, 0.25) is 5.91 Å². The van der Waals surface area contributed by atoms with E-state index in [1.54, 1.807) is 54.4 Å². The fraction of sp³-hybridized carbons (Fsp3) is 0.192. The Morgan fingerprint density at radius 1 is 0.919 bits per heavy atom. The lowest BCUT2D eigenvalue weighted by molar-refractivity contribution is -0.117. The summed E-state index contributed by atoms with van der Waals surface area (Å²) in [6, 6.07) is 14.6. The van der Waals surface area contributed by atoms with E-state index in [0.29, 0.717) is 39.1 Å². The molecule has 0 unspecified atom stereocenters. The number of nitrogens with zero attached hydrogens (tertiary/aromatic N) is 1. The maximum atomic E-state index is 13.1. The standard InChI is InChI=1S/C26H18Cl5N3O3/c1-34-11-13-8-16(2-4-18(13)25(34)37)32-23(35)19-10-17(3-5-20(19)29)33-24(36)22-21(26(22,30)31)12-6-14(27)9-15(28)7-12/h2-10,21-22H,11H2,1H3,(H,32,35)(H,33,36)/t21-,22+/m0/s1. The number of benzene rings is 3. The van der Waals surface area contributed by atoms with E-state index in [4.69, 9.17) is 58.0 Å². The molecule has 2 aliphatic rings. The summed E-state index contributed by atoms with van der Waals surface area (Å²) in [6.45, 7) is 0.465. The third-order valence-corrected chi connectivity index (χ3v) is 8.11. The minimum atomic E-state index is -1.34. The van der Waals surface area contributed by atoms with Crippen LogP contribution in [0.3, 0.4) is 0 Å². The predicted octanol–water partition coefficient (Wildman–Crippen LogP) is 7.01. The molecule has 1 saturated carbocycles. The van der Waals surface area contributed by atoms with Crippen molar-refractivity contribution in [3.05, 3.63) is 91.9 Å². The molecule has 1 fully saturated rings. The molecule has 3 aromatic rings. The molecule has 6 nitrogen and oxygen atoms in total. The number of fused-ring (bicyclic) bond motifs is 1. The second-order valence-corrected chi connectivity index (χ2v) is 11.7. The Labute approximate surface area is 237 Å². The Kier molecular flexibility index (Phi) is 6.84. The van der Waals surface area contributed by atoms with E-state index in [1.165, 1.54) is 12.1 Å². The maximum Gasteiger partial charge on any atom is 0.257 e. The van der Waals surface area contributed by atoms with E-state index >= 15 is 0 Å². The van der Waals surface area contributed by atoms with Gasteiger partial charge in [-0.05, 0) is 65.7 Å². The average molecular weight is 598 g/mol. The molecule has 0 spiro atoms. The van der Waals surface area contributed by atoms with Gasteiger partial charge < -0.3 is 15.5 Å². The van der Waals surface area contributed by atoms with Crippen LogP contribution in [0.1, 0.15) is 37.8 Å². The van der Waals surface area contributed by atoms with Crippen LogP contribution in [0, 0.1) is 5.92 Å². The summed E-state index contributed by atoms with van der Waals surface area (Å²) < 4.78 is -1.34. The number of hydrogen-bond donors (Lipinski definition) is 2. The van der Waals surface area contributed by atoms with Crippen molar-refractivity contribution in [1.29, 1.82) is 0 Å². The molecule has 0 bridgehead atoms. The first-order chi connectivity index (χ1) is 17.5. The molecule has 0 saturated heterocycles. The molecule has 37 heavy (non-hydrogen) atoms. The van der Waals surface area contributed by atoms with Crippen molar-refractivity contribution in [3.63, 3.8) is 0 Å². The first kappa shape index (κ1) is 26.1. The van der Waals surface area contributed by atoms with Gasteiger partial charge >= 0.3 is 0 Å². The molecule has 0 aromatic heterocycles. The van der Waals surface area contributed by atoms with Crippen LogP contribution in [0.15, 0.2) is 54.6 Å². The van der Waals surface area contributed by atoms with Crippen LogP contribution in [0.25, 0.3) is 0 Å². The second-order valence-electron chi connectivity index (χ2n) is 9.00. The Morgan fingerprint density at radius 3 is 2.27 bits per heavy atom. The molecule has 2 N–H and O–H groups in total. The summed E-state index contributed by atoms with van der Waals surface area (Å²) in [5.74, 6) is -2.22. The number of carbonyl (C=O) groups is 3. The van der Waals surface area contributed by atoms with Gasteiger partial charge in [-0.25, -0.2) is 0 Å². The van der Waals surface area contributed by atoms with Crippen LogP contribution in [0.2, 0.25) is 15.1 Å². The predicted molar refractivity (Wildman–Crippen MR) is 147 cm³/mol. The quantitative estimate of drug-likeness (QED) is 0.311. The third kappa shape index (κ3) is 5.01. The van der Waals surface area contributed by atoms with Gasteiger partial charge in [0, 0.05) is 46.5 Å². The van der Waals surface area contributed by atoms with Gasteiger partial charge in [0.15, 0.2) is 0 Å². The largest absolute Gasteiger partial charge is 0.337 e. The minimum absolute atomic E-state index is 0.0614. The molecule has 11 heteroatoms. The van der Waals surface area contributed by atoms with Crippen molar-refractivity contribution >= 4 is 87.1 Å². The summed E-state index contributed by atoms with van der Waals surface area (Å²) in [5.41, 5.74) is 3.11. The van der Waals surface area contributed by atoms with Crippen molar-refractivity contribution in [2.45, 2.75) is 16.8 Å². The molecule has 2 atom stereocenters. The van der Waals surface area contributed by atoms with E-state index in [0.717, 1.165) is 5.56 Å². The van der Waals surface area contributed by atoms with E-state index in [1.807, 2.05) is 0 Å². The smallest absolute Gasteiger partial charge is 0.257 e. The number of carbonyl (C=O) groups excluding carboxylic acids is 3. The Balaban J connectivity index is 1.31. The van der Waals surface area contributed by atoms with Crippen LogP contribution >= 0.6 is 58.0 Å². The molecule has 5 rings (SSSR count). The van der Waals surface area contributed by atoms with Gasteiger partial charge in [-0.3, -0.25) is 14.4 Å². The van der Waals surface area contributed by atoms with Gasteiger partial charge in [-0.15, -0.1) is 23.2 Å². The van der Waals surface area contributed by atoms with Crippen LogP contribution in [0.4, 0.5) is 11.4 Å². The van der Waals surface area contributed by atoms with Crippen molar-refractivity contribution in [3.8, 4) is 0 Å². The van der Waals surface area contributed by atoms with Crippen molar-refractivity contribution in [1.82, 2.24) is 4.90 Å². The monoisotopic (exact) mass is 595 g/mol. The molecule has 1 aliphatic heterocycles. The molecular weight excluding hydrogens is 580 g/mol. The van der Waals surface area contributed by atoms with Gasteiger partial charge in [0.1, 0.15) is 4.33 Å². The number of anilines is 2. The minimum Gasteiger partial charge on any atom is -0.337 e. The summed E-state index contributed by atoms with van der Waals surface area (Å²) in [4.78, 5) is 39.8. The highest BCUT2D eigenvalue weighted by Gasteiger charge is 2.67. The molecule has 3 aromatic carbocycles. The number of amides is 3. The normalized spacial score (nSPS) is 19.4. The first-order valence-electron chi connectivity index (χ1n) is 11.1. The van der Waals surface area contributed by atoms with E-state index < -0.39 is 28.0 Å². The summed E-state index contributed by atoms with van der Waals surface area (Å²) >= 11 is 31.4. The number of alkyl halides is 2. The Hall–Kier alpha value is -2.48. The first-order valence-corrected chi connectivity index (χ1v) is 13.0. The number of rotatable bonds is 5. The molecular formula is C26H18Cl5N3O3. The van der Waals surface area contributed by atoms with Crippen LogP contribution < -0.4 is 10.6 Å². The molecule has 0 radical (unpaired) electrons. The topological polar surface area (TPSA) is 78.5 Å². The molecule has 190 valence electrons. The number of nitrogens with one attached hydrogen (secondary N) is 2. The van der Waals surface area contributed by atoms with Crippen molar-refractivity contribution in [2.75, 3.05) is 17.7 Å². The Morgan fingerprint density at radius 2 is 1.57 bits per heavy atom. The highest BCUT2D eigenvalue weighted by Crippen LogP contribution is 2.65. The van der Waals surface area contributed by atoms with Gasteiger partial charge in [0.05, 0.1) is 16.5 Å². The Bertz CT molecular complexity index is 1460. The van der Waals surface area contributed by atoms with E-state index in [9.17, 15) is 14.4 Å². The summed E-state index contributed by atoms with van der Waals surface area (Å²) in [7, 11) is 1.71. The van der Waals surface area contributed by atoms with Crippen molar-refractivity contribution in [2.24, 2.45) is 5.92 Å². The lowest BCUT2D eigenvalue weighted by Crippen LogP contribution is -2.18. The van der Waals surface area contributed by atoms with E-state index in [2.05, 4.69) is 10.6 Å². The second kappa shape index (κ2) is 9.68. The van der Waals surface area contributed by atoms with Gasteiger partial charge in [-0.2, -0.15) is 0 Å². The van der Waals surface area contributed by atoms with Crippen LogP contribution in [0.5, 0.6) is 0 Å². The number of halogens is 5. The third-order valence-electron chi connectivity index (χ3n) is 6.41. The summed E-state index contributed by atoms with van der Waals surface area (Å²) in [5, 5.41) is 6.58. The molecule has 1 heterocycles. The summed E-state index contributed by atoms with van der Waals surface area (Å²) in [6.07, 6.45) is 0. The van der Waals surface area contributed by atoms with Gasteiger partial charge in [-0.1, -0.05) is 34.8 Å². The molecule has 1 aliphatic carbocycles. The molecule has 3 amide bonds. The lowest BCUT2D eigenvalue weighted by atomic mass is 10.1. The van der Waals surface area contributed by atoms with E-state index in [-0.39, 0.29) is 16.5 Å². The highest BCUT2D eigenvalue weighted by molar-refractivity contribution is 6.53. The lowest BCUT2D eigenvalue weighted by Gasteiger charge is -2.11. The zero-order valence-corrected chi connectivity index (χ0v) is 22.9.